The molecule has 0 aliphatic carbocycles. The van der Waals surface area contributed by atoms with E-state index in [1.54, 1.807) is 14.2 Å². The molecule has 2 aromatic heterocycles. The van der Waals surface area contributed by atoms with Crippen molar-refractivity contribution in [3.05, 3.63) is 59.7 Å². The lowest BCUT2D eigenvalue weighted by Crippen LogP contribution is -2.41. The van der Waals surface area contributed by atoms with Crippen LogP contribution in [0.3, 0.4) is 0 Å². The normalized spacial score (nSPS) is 22.4. The zero-order valence-corrected chi connectivity index (χ0v) is 21.7. The van der Waals surface area contributed by atoms with E-state index in [2.05, 4.69) is 76.2 Å². The average Bonchev–Trinajstić information content (AvgIpc) is 3.54. The van der Waals surface area contributed by atoms with E-state index in [1.165, 1.54) is 0 Å². The first-order valence-corrected chi connectivity index (χ1v) is 13.7. The highest BCUT2D eigenvalue weighted by molar-refractivity contribution is 7.99. The molecule has 5 aromatic rings. The van der Waals surface area contributed by atoms with Gasteiger partial charge in [0.25, 0.3) is 5.91 Å². The fraction of sp³-hybridized carbons (Fsp3) is 0.345. The molecule has 6 nitrogen and oxygen atoms in total. The maximum Gasteiger partial charge on any atom is 0.252 e. The third-order valence-corrected chi connectivity index (χ3v) is 9.54. The number of carbonyl (C=O) groups is 1. The van der Waals surface area contributed by atoms with Gasteiger partial charge in [0.05, 0.1) is 22.1 Å². The number of para-hydroxylation sites is 2. The summed E-state index contributed by atoms with van der Waals surface area (Å²) in [6.07, 6.45) is 1.69. The number of amides is 1. The second-order valence-corrected chi connectivity index (χ2v) is 11.1. The van der Waals surface area contributed by atoms with Crippen LogP contribution >= 0.6 is 11.8 Å². The SMILES string of the molecule is COC1C(C(C)SC)Cn2c3ccccc3c3c4c(c5c6ccccc6n(c5c32)C1OC)CNC4=O. The Bertz CT molecular complexity index is 1700. The van der Waals surface area contributed by atoms with Gasteiger partial charge in [0.1, 0.15) is 6.10 Å². The lowest BCUT2D eigenvalue weighted by atomic mass is 9.94. The molecule has 4 unspecified atom stereocenters. The van der Waals surface area contributed by atoms with Crippen molar-refractivity contribution in [3.8, 4) is 0 Å². The summed E-state index contributed by atoms with van der Waals surface area (Å²) < 4.78 is 17.4. The van der Waals surface area contributed by atoms with Crippen molar-refractivity contribution in [1.82, 2.24) is 14.5 Å². The molecule has 1 amide bonds. The Morgan fingerprint density at radius 3 is 2.36 bits per heavy atom. The number of ether oxygens (including phenoxy) is 2. The molecule has 1 N–H and O–H groups in total. The number of rotatable bonds is 4. The van der Waals surface area contributed by atoms with Gasteiger partial charge in [-0.1, -0.05) is 43.3 Å². The second kappa shape index (κ2) is 8.00. The van der Waals surface area contributed by atoms with Gasteiger partial charge in [-0.05, 0) is 24.0 Å². The Balaban J connectivity index is 1.79. The van der Waals surface area contributed by atoms with Crippen LogP contribution in [0, 0.1) is 5.92 Å². The van der Waals surface area contributed by atoms with Crippen molar-refractivity contribution in [2.45, 2.75) is 37.6 Å². The van der Waals surface area contributed by atoms with Crippen LogP contribution in [0.15, 0.2) is 48.5 Å². The van der Waals surface area contributed by atoms with Gasteiger partial charge in [0.2, 0.25) is 0 Å². The maximum atomic E-state index is 13.4. The van der Waals surface area contributed by atoms with E-state index in [-0.39, 0.29) is 24.2 Å². The van der Waals surface area contributed by atoms with Crippen molar-refractivity contribution in [2.24, 2.45) is 5.92 Å². The Morgan fingerprint density at radius 1 is 0.972 bits per heavy atom. The Hall–Kier alpha value is -3.00. The minimum Gasteiger partial charge on any atom is -0.376 e. The summed E-state index contributed by atoms with van der Waals surface area (Å²) in [5, 5.41) is 7.93. The number of hydrogen-bond acceptors (Lipinski definition) is 4. The lowest BCUT2D eigenvalue weighted by Gasteiger charge is -2.38. The van der Waals surface area contributed by atoms with Crippen molar-refractivity contribution >= 4 is 61.3 Å². The van der Waals surface area contributed by atoms with Gasteiger partial charge in [-0.3, -0.25) is 4.79 Å². The molecule has 3 aromatic carbocycles. The zero-order chi connectivity index (χ0) is 24.7. The van der Waals surface area contributed by atoms with Crippen molar-refractivity contribution in [2.75, 3.05) is 20.5 Å². The van der Waals surface area contributed by atoms with Crippen LogP contribution in [-0.2, 0) is 22.6 Å². The minimum atomic E-state index is -0.310. The highest BCUT2D eigenvalue weighted by atomic mass is 32.2. The van der Waals surface area contributed by atoms with E-state index in [1.807, 2.05) is 11.8 Å². The molecule has 4 heterocycles. The van der Waals surface area contributed by atoms with E-state index >= 15 is 0 Å². The van der Waals surface area contributed by atoms with E-state index in [9.17, 15) is 4.79 Å². The predicted octanol–water partition coefficient (Wildman–Crippen LogP) is 5.69. The maximum absolute atomic E-state index is 13.4. The van der Waals surface area contributed by atoms with E-state index in [0.717, 1.165) is 61.3 Å². The first-order valence-electron chi connectivity index (χ1n) is 12.5. The molecule has 7 heteroatoms. The van der Waals surface area contributed by atoms with Crippen LogP contribution in [0.1, 0.15) is 29.1 Å². The third kappa shape index (κ3) is 2.68. The van der Waals surface area contributed by atoms with Gasteiger partial charge < -0.3 is 23.9 Å². The molecular weight excluding hydrogens is 470 g/mol. The molecule has 2 aliphatic rings. The molecule has 4 atom stereocenters. The van der Waals surface area contributed by atoms with Crippen LogP contribution in [0.5, 0.6) is 0 Å². The zero-order valence-electron chi connectivity index (χ0n) is 20.9. The number of carbonyl (C=O) groups excluding carboxylic acids is 1. The first-order chi connectivity index (χ1) is 17.6. The van der Waals surface area contributed by atoms with Gasteiger partial charge in [0.15, 0.2) is 6.23 Å². The van der Waals surface area contributed by atoms with Crippen LogP contribution in [-0.4, -0.2) is 46.9 Å². The highest BCUT2D eigenvalue weighted by Gasteiger charge is 2.41. The Labute approximate surface area is 213 Å². The molecule has 0 saturated heterocycles. The van der Waals surface area contributed by atoms with Gasteiger partial charge in [-0.15, -0.1) is 0 Å². The molecule has 0 fully saturated rings. The summed E-state index contributed by atoms with van der Waals surface area (Å²) in [5.41, 5.74) is 6.41. The Morgan fingerprint density at radius 2 is 1.67 bits per heavy atom. The fourth-order valence-corrected chi connectivity index (χ4v) is 7.40. The lowest BCUT2D eigenvalue weighted by molar-refractivity contribution is -0.101. The number of thioether (sulfide) groups is 1. The smallest absolute Gasteiger partial charge is 0.252 e. The van der Waals surface area contributed by atoms with Crippen LogP contribution in [0.25, 0.3) is 43.6 Å². The minimum absolute atomic E-state index is 0.0146. The molecule has 184 valence electrons. The van der Waals surface area contributed by atoms with Crippen molar-refractivity contribution in [1.29, 1.82) is 0 Å². The molecule has 7 rings (SSSR count). The van der Waals surface area contributed by atoms with Crippen LogP contribution < -0.4 is 5.32 Å². The van der Waals surface area contributed by atoms with E-state index in [0.29, 0.717) is 11.8 Å². The molecule has 36 heavy (non-hydrogen) atoms. The summed E-state index contributed by atoms with van der Waals surface area (Å²) in [6.45, 7) is 3.59. The monoisotopic (exact) mass is 499 g/mol. The van der Waals surface area contributed by atoms with Crippen molar-refractivity contribution < 1.29 is 14.3 Å². The number of nitrogens with zero attached hydrogens (tertiary/aromatic N) is 2. The van der Waals surface area contributed by atoms with Gasteiger partial charge in [0, 0.05) is 65.5 Å². The molecule has 0 spiro atoms. The summed E-state index contributed by atoms with van der Waals surface area (Å²) in [6, 6.07) is 17.0. The molecule has 0 radical (unpaired) electrons. The van der Waals surface area contributed by atoms with Gasteiger partial charge in [-0.2, -0.15) is 11.8 Å². The van der Waals surface area contributed by atoms with Gasteiger partial charge in [-0.25, -0.2) is 0 Å². The number of methoxy groups -OCH3 is 2. The first kappa shape index (κ1) is 22.2. The second-order valence-electron chi connectivity index (χ2n) is 9.93. The van der Waals surface area contributed by atoms with E-state index in [4.69, 9.17) is 9.47 Å². The molecule has 0 bridgehead atoms. The molecule has 2 aliphatic heterocycles. The predicted molar refractivity (Wildman–Crippen MR) is 147 cm³/mol. The fourth-order valence-electron chi connectivity index (χ4n) is 6.81. The average molecular weight is 500 g/mol. The topological polar surface area (TPSA) is 57.4 Å². The number of hydrogen-bond donors (Lipinski definition) is 1. The molecule has 0 saturated carbocycles. The quantitative estimate of drug-likeness (QED) is 0.345. The summed E-state index contributed by atoms with van der Waals surface area (Å²) in [7, 11) is 3.59. The standard InChI is InChI=1S/C29H29N3O3S/c1-15(36-4)19-14-31-20-11-7-5-9-16(20)23-24-18(13-30-28(24)33)22-17-10-6-8-12-21(17)32(26(22)25(23)31)29(35-3)27(19)34-2/h5-12,15,19,27,29H,13-14H2,1-4H3,(H,30,33). The summed E-state index contributed by atoms with van der Waals surface area (Å²) in [5.74, 6) is 0.196. The van der Waals surface area contributed by atoms with Crippen LogP contribution in [0.4, 0.5) is 0 Å². The van der Waals surface area contributed by atoms with Gasteiger partial charge >= 0.3 is 0 Å². The third-order valence-electron chi connectivity index (χ3n) is 8.45. The van der Waals surface area contributed by atoms with Crippen molar-refractivity contribution in [3.63, 3.8) is 0 Å². The number of nitrogens with one attached hydrogen (secondary N) is 1. The summed E-state index contributed by atoms with van der Waals surface area (Å²) >= 11 is 1.85. The number of benzene rings is 3. The summed E-state index contributed by atoms with van der Waals surface area (Å²) in [4.78, 5) is 13.4. The van der Waals surface area contributed by atoms with Crippen LogP contribution in [0.2, 0.25) is 0 Å². The van der Waals surface area contributed by atoms with E-state index < -0.39 is 0 Å². The largest absolute Gasteiger partial charge is 0.376 e. The molecular formula is C29H29N3O3S. The number of fused-ring (bicyclic) bond motifs is 9. The number of aromatic nitrogens is 2. The highest BCUT2D eigenvalue weighted by Crippen LogP contribution is 2.48. The Kier molecular flexibility index (Phi) is 4.94.